The molecule has 112 valence electrons. The molecule has 1 heterocycles. The van der Waals surface area contributed by atoms with Gasteiger partial charge in [-0.15, -0.1) is 10.2 Å². The minimum Gasteiger partial charge on any atom is -0.508 e. The summed E-state index contributed by atoms with van der Waals surface area (Å²) in [6.45, 7) is 6.14. The first-order valence-corrected chi connectivity index (χ1v) is 6.71. The first-order valence-electron chi connectivity index (χ1n) is 6.71. The average Bonchev–Trinajstić information content (AvgIpc) is 2.88. The highest BCUT2D eigenvalue weighted by molar-refractivity contribution is 5.90. The molecule has 0 bridgehead atoms. The molecule has 0 saturated heterocycles. The fraction of sp³-hybridized carbons (Fsp3) is 0.357. The van der Waals surface area contributed by atoms with E-state index in [9.17, 15) is 15.0 Å². The normalized spacial score (nSPS) is 10.9. The van der Waals surface area contributed by atoms with Crippen molar-refractivity contribution in [2.24, 2.45) is 0 Å². The third-order valence-corrected chi connectivity index (χ3v) is 3.06. The molecule has 0 unspecified atom stereocenters. The maximum atomic E-state index is 11.7. The molecular weight excluding hydrogens is 272 g/mol. The summed E-state index contributed by atoms with van der Waals surface area (Å²) in [6.07, 6.45) is 0. The molecule has 2 aromatic rings. The van der Waals surface area contributed by atoms with Gasteiger partial charge in [-0.05, 0) is 24.5 Å². The van der Waals surface area contributed by atoms with Crippen LogP contribution in [-0.2, 0) is 0 Å². The fourth-order valence-corrected chi connectivity index (χ4v) is 1.98. The van der Waals surface area contributed by atoms with E-state index in [2.05, 4.69) is 20.5 Å². The van der Waals surface area contributed by atoms with Crippen molar-refractivity contribution >= 4 is 5.91 Å². The van der Waals surface area contributed by atoms with Gasteiger partial charge in [0.15, 0.2) is 5.82 Å². The number of aromatic nitrogens is 3. The number of nitrogens with zero attached hydrogens (tertiary/aromatic N) is 2. The molecular formula is C14H18N4O3. The summed E-state index contributed by atoms with van der Waals surface area (Å²) in [4.78, 5) is 14.4. The molecule has 21 heavy (non-hydrogen) atoms. The number of carbonyl (C=O) groups excluding carboxylic acids is 1. The number of aromatic amines is 1. The van der Waals surface area contributed by atoms with Gasteiger partial charge in [0.25, 0.3) is 5.91 Å². The lowest BCUT2D eigenvalue weighted by molar-refractivity contribution is 0.0946. The van der Waals surface area contributed by atoms with Crippen molar-refractivity contribution in [2.75, 3.05) is 6.54 Å². The second kappa shape index (κ2) is 5.82. The van der Waals surface area contributed by atoms with E-state index in [-0.39, 0.29) is 35.0 Å². The van der Waals surface area contributed by atoms with Crippen LogP contribution in [0.15, 0.2) is 12.1 Å². The molecule has 0 saturated carbocycles. The van der Waals surface area contributed by atoms with Gasteiger partial charge >= 0.3 is 0 Å². The molecule has 0 aliphatic rings. The largest absolute Gasteiger partial charge is 0.508 e. The molecule has 0 aliphatic heterocycles. The molecule has 2 rings (SSSR count). The van der Waals surface area contributed by atoms with Crippen molar-refractivity contribution in [1.82, 2.24) is 20.5 Å². The summed E-state index contributed by atoms with van der Waals surface area (Å²) in [6, 6.07) is 2.90. The summed E-state index contributed by atoms with van der Waals surface area (Å²) >= 11 is 0. The highest BCUT2D eigenvalue weighted by atomic mass is 16.3. The molecule has 1 aromatic carbocycles. The number of amides is 1. The van der Waals surface area contributed by atoms with Crippen molar-refractivity contribution in [2.45, 2.75) is 26.7 Å². The SMILES string of the molecule is CCNC(=O)c1nnc(-c2cc(C(C)C)c(O)cc2O)[nH]1. The summed E-state index contributed by atoms with van der Waals surface area (Å²) in [5, 5.41) is 30.0. The molecule has 4 N–H and O–H groups in total. The third-order valence-electron chi connectivity index (χ3n) is 3.06. The van der Waals surface area contributed by atoms with Crippen molar-refractivity contribution in [3.8, 4) is 22.9 Å². The van der Waals surface area contributed by atoms with Crippen LogP contribution in [0.25, 0.3) is 11.4 Å². The summed E-state index contributed by atoms with van der Waals surface area (Å²) in [7, 11) is 0. The molecule has 1 amide bonds. The number of H-pyrrole nitrogens is 1. The smallest absolute Gasteiger partial charge is 0.289 e. The van der Waals surface area contributed by atoms with Crippen molar-refractivity contribution < 1.29 is 15.0 Å². The molecule has 0 radical (unpaired) electrons. The first kappa shape index (κ1) is 14.8. The van der Waals surface area contributed by atoms with Crippen LogP contribution in [0.2, 0.25) is 0 Å². The summed E-state index contributed by atoms with van der Waals surface area (Å²) < 4.78 is 0. The van der Waals surface area contributed by atoms with Gasteiger partial charge in [0, 0.05) is 12.6 Å². The van der Waals surface area contributed by atoms with Crippen LogP contribution in [0.1, 0.15) is 42.9 Å². The van der Waals surface area contributed by atoms with Crippen molar-refractivity contribution in [1.29, 1.82) is 0 Å². The van der Waals surface area contributed by atoms with Crippen LogP contribution in [0.4, 0.5) is 0 Å². The van der Waals surface area contributed by atoms with Crippen LogP contribution in [-0.4, -0.2) is 37.8 Å². The van der Waals surface area contributed by atoms with E-state index in [0.29, 0.717) is 17.7 Å². The number of benzene rings is 1. The predicted octanol–water partition coefficient (Wildman–Crippen LogP) is 1.76. The Kier molecular flexibility index (Phi) is 4.11. The topological polar surface area (TPSA) is 111 Å². The zero-order chi connectivity index (χ0) is 15.6. The lowest BCUT2D eigenvalue weighted by Crippen LogP contribution is -2.23. The molecule has 0 fully saturated rings. The zero-order valence-corrected chi connectivity index (χ0v) is 12.1. The number of aromatic hydroxyl groups is 2. The third kappa shape index (κ3) is 2.96. The van der Waals surface area contributed by atoms with Gasteiger partial charge in [0.1, 0.15) is 11.5 Å². The van der Waals surface area contributed by atoms with Crippen LogP contribution < -0.4 is 5.32 Å². The maximum absolute atomic E-state index is 11.7. The summed E-state index contributed by atoms with van der Waals surface area (Å²) in [5.74, 6) is -0.0416. The molecule has 0 aliphatic carbocycles. The van der Waals surface area contributed by atoms with E-state index in [1.165, 1.54) is 6.07 Å². The number of hydrogen-bond donors (Lipinski definition) is 4. The number of hydrogen-bond acceptors (Lipinski definition) is 5. The Morgan fingerprint density at radius 1 is 1.29 bits per heavy atom. The van der Waals surface area contributed by atoms with Crippen LogP contribution in [0.5, 0.6) is 11.5 Å². The van der Waals surface area contributed by atoms with Gasteiger partial charge in [-0.2, -0.15) is 0 Å². The van der Waals surface area contributed by atoms with Gasteiger partial charge < -0.3 is 20.5 Å². The Balaban J connectivity index is 2.42. The lowest BCUT2D eigenvalue weighted by Gasteiger charge is -2.11. The van der Waals surface area contributed by atoms with Crippen LogP contribution >= 0.6 is 0 Å². The highest BCUT2D eigenvalue weighted by Crippen LogP contribution is 2.36. The minimum atomic E-state index is -0.362. The van der Waals surface area contributed by atoms with Crippen molar-refractivity contribution in [3.05, 3.63) is 23.5 Å². The quantitative estimate of drug-likeness (QED) is 0.685. The average molecular weight is 290 g/mol. The molecule has 0 atom stereocenters. The van der Waals surface area contributed by atoms with E-state index in [4.69, 9.17) is 0 Å². The monoisotopic (exact) mass is 290 g/mol. The molecule has 7 nitrogen and oxygen atoms in total. The number of nitrogens with one attached hydrogen (secondary N) is 2. The van der Waals surface area contributed by atoms with Crippen molar-refractivity contribution in [3.63, 3.8) is 0 Å². The zero-order valence-electron chi connectivity index (χ0n) is 12.1. The molecule has 7 heteroatoms. The number of rotatable bonds is 4. The second-order valence-corrected chi connectivity index (χ2v) is 4.96. The molecule has 0 spiro atoms. The predicted molar refractivity (Wildman–Crippen MR) is 77.2 cm³/mol. The Hall–Kier alpha value is -2.57. The standard InChI is InChI=1S/C14H18N4O3/c1-4-15-14(21)13-16-12(17-18-13)9-5-8(7(2)3)10(19)6-11(9)20/h5-7,19-20H,4H2,1-3H3,(H,15,21)(H,16,17,18). The Morgan fingerprint density at radius 2 is 2.00 bits per heavy atom. The van der Waals surface area contributed by atoms with Gasteiger partial charge in [0.05, 0.1) is 5.56 Å². The van der Waals surface area contributed by atoms with Crippen LogP contribution in [0.3, 0.4) is 0 Å². The molecule has 1 aromatic heterocycles. The number of phenols is 2. The van der Waals surface area contributed by atoms with E-state index in [0.717, 1.165) is 0 Å². The Labute approximate surface area is 122 Å². The maximum Gasteiger partial charge on any atom is 0.289 e. The summed E-state index contributed by atoms with van der Waals surface area (Å²) in [5.41, 5.74) is 1.07. The highest BCUT2D eigenvalue weighted by Gasteiger charge is 2.17. The van der Waals surface area contributed by atoms with E-state index in [1.807, 2.05) is 13.8 Å². The van der Waals surface area contributed by atoms with E-state index >= 15 is 0 Å². The van der Waals surface area contributed by atoms with Gasteiger partial charge in [0.2, 0.25) is 5.82 Å². The fourth-order valence-electron chi connectivity index (χ4n) is 1.98. The lowest BCUT2D eigenvalue weighted by atomic mass is 9.98. The number of carbonyl (C=O) groups is 1. The first-order chi connectivity index (χ1) is 9.93. The Bertz CT molecular complexity index is 664. The second-order valence-electron chi connectivity index (χ2n) is 4.96. The van der Waals surface area contributed by atoms with E-state index in [1.54, 1.807) is 13.0 Å². The number of phenolic OH excluding ortho intramolecular Hbond substituents is 2. The van der Waals surface area contributed by atoms with Gasteiger partial charge in [-0.25, -0.2) is 0 Å². The van der Waals surface area contributed by atoms with Gasteiger partial charge in [-0.3, -0.25) is 4.79 Å². The van der Waals surface area contributed by atoms with E-state index < -0.39 is 0 Å². The Morgan fingerprint density at radius 3 is 2.62 bits per heavy atom. The van der Waals surface area contributed by atoms with Gasteiger partial charge in [-0.1, -0.05) is 13.8 Å². The van der Waals surface area contributed by atoms with Crippen LogP contribution in [0, 0.1) is 0 Å². The minimum absolute atomic E-state index is 0.0229.